The predicted octanol–water partition coefficient (Wildman–Crippen LogP) is -1.28. The molecule has 1 atom stereocenters. The number of guanidine groups is 1. The molecule has 1 heterocycles. The van der Waals surface area contributed by atoms with E-state index in [-0.39, 0.29) is 17.9 Å². The second kappa shape index (κ2) is 4.48. The molecule has 1 aliphatic heterocycles. The Balaban J connectivity index is 2.68. The minimum atomic E-state index is -0.716. The fourth-order valence-electron chi connectivity index (χ4n) is 1.07. The summed E-state index contributed by atoms with van der Waals surface area (Å²) in [6.07, 6.45) is 0. The lowest BCUT2D eigenvalue weighted by Crippen LogP contribution is -2.63. The van der Waals surface area contributed by atoms with E-state index < -0.39 is 5.54 Å². The zero-order chi connectivity index (χ0) is 12.3. The first-order valence-corrected chi connectivity index (χ1v) is 4.92. The lowest BCUT2D eigenvalue weighted by atomic mass is 10.0. The van der Waals surface area contributed by atoms with Crippen LogP contribution in [0.3, 0.4) is 0 Å². The molecule has 1 unspecified atom stereocenters. The monoisotopic (exact) mass is 227 g/mol. The van der Waals surface area contributed by atoms with E-state index in [9.17, 15) is 9.59 Å². The predicted molar refractivity (Wildman–Crippen MR) is 60.1 cm³/mol. The Hall–Kier alpha value is -1.63. The van der Waals surface area contributed by atoms with Crippen LogP contribution in [0.25, 0.3) is 0 Å². The molecule has 3 N–H and O–H groups in total. The van der Waals surface area contributed by atoms with Gasteiger partial charge in [0.05, 0.1) is 6.54 Å². The molecule has 0 saturated heterocycles. The minimum absolute atomic E-state index is 0.191. The highest BCUT2D eigenvalue weighted by Crippen LogP contribution is 2.07. The number of aliphatic imine (C=N–C) groups is 1. The van der Waals surface area contributed by atoms with E-state index in [1.165, 1.54) is 4.90 Å². The Bertz CT molecular complexity index is 339. The van der Waals surface area contributed by atoms with Crippen molar-refractivity contribution in [2.24, 2.45) is 4.99 Å². The second-order valence-electron chi connectivity index (χ2n) is 4.03. The number of nitrogens with one attached hydrogen (secondary N) is 3. The average molecular weight is 227 g/mol. The van der Waals surface area contributed by atoms with Gasteiger partial charge in [-0.25, -0.2) is 4.79 Å². The van der Waals surface area contributed by atoms with Crippen molar-refractivity contribution >= 4 is 17.9 Å². The normalized spacial score (nSPS) is 24.5. The van der Waals surface area contributed by atoms with Gasteiger partial charge in [0.15, 0.2) is 0 Å². The number of hydrogen-bond donors (Lipinski definition) is 3. The summed E-state index contributed by atoms with van der Waals surface area (Å²) in [5.41, 5.74) is -0.716. The third kappa shape index (κ3) is 2.48. The molecular weight excluding hydrogens is 210 g/mol. The van der Waals surface area contributed by atoms with Crippen LogP contribution in [0.5, 0.6) is 0 Å². The standard InChI is InChI=1S/C9H17N5O2/c1-9(10-2)5-11-7(12-6(9)15)13-8(16)14(3)4/h10H,5H2,1-4H3,(H2,11,12,13,15,16). The molecular formula is C9H17N5O2. The van der Waals surface area contributed by atoms with Crippen LogP contribution < -0.4 is 16.0 Å². The number of urea groups is 1. The van der Waals surface area contributed by atoms with Crippen LogP contribution in [-0.2, 0) is 4.79 Å². The van der Waals surface area contributed by atoms with Crippen molar-refractivity contribution in [3.8, 4) is 0 Å². The molecule has 0 saturated carbocycles. The van der Waals surface area contributed by atoms with Crippen molar-refractivity contribution in [3.63, 3.8) is 0 Å². The Morgan fingerprint density at radius 1 is 1.56 bits per heavy atom. The van der Waals surface area contributed by atoms with Crippen LogP contribution >= 0.6 is 0 Å². The number of likely N-dealkylation sites (N-methyl/N-ethyl adjacent to an activating group) is 1. The molecule has 1 aliphatic rings. The first kappa shape index (κ1) is 12.4. The van der Waals surface area contributed by atoms with Gasteiger partial charge in [-0.15, -0.1) is 0 Å². The third-order valence-electron chi connectivity index (χ3n) is 2.47. The van der Waals surface area contributed by atoms with Crippen molar-refractivity contribution < 1.29 is 9.59 Å². The minimum Gasteiger partial charge on any atom is -0.331 e. The summed E-state index contributed by atoms with van der Waals surface area (Å²) in [4.78, 5) is 28.5. The van der Waals surface area contributed by atoms with E-state index in [4.69, 9.17) is 0 Å². The van der Waals surface area contributed by atoms with E-state index in [0.29, 0.717) is 6.54 Å². The summed E-state index contributed by atoms with van der Waals surface area (Å²) in [6.45, 7) is 2.04. The number of amides is 3. The van der Waals surface area contributed by atoms with E-state index >= 15 is 0 Å². The molecule has 90 valence electrons. The zero-order valence-electron chi connectivity index (χ0n) is 9.92. The molecule has 0 aromatic rings. The van der Waals surface area contributed by atoms with E-state index in [2.05, 4.69) is 20.9 Å². The van der Waals surface area contributed by atoms with Gasteiger partial charge in [-0.2, -0.15) is 0 Å². The Morgan fingerprint density at radius 2 is 2.19 bits per heavy atom. The van der Waals surface area contributed by atoms with Gasteiger partial charge >= 0.3 is 6.03 Å². The topological polar surface area (TPSA) is 85.8 Å². The molecule has 0 bridgehead atoms. The highest BCUT2D eigenvalue weighted by molar-refractivity contribution is 6.08. The number of carbonyl (C=O) groups excluding carboxylic acids is 2. The summed E-state index contributed by atoms with van der Waals surface area (Å²) < 4.78 is 0. The third-order valence-corrected chi connectivity index (χ3v) is 2.47. The molecule has 0 spiro atoms. The molecule has 3 amide bonds. The lowest BCUT2D eigenvalue weighted by Gasteiger charge is -2.30. The van der Waals surface area contributed by atoms with E-state index in [0.717, 1.165) is 0 Å². The first-order valence-electron chi connectivity index (χ1n) is 4.92. The van der Waals surface area contributed by atoms with Crippen LogP contribution in [0.4, 0.5) is 4.79 Å². The van der Waals surface area contributed by atoms with Gasteiger partial charge in [0, 0.05) is 14.1 Å². The van der Waals surface area contributed by atoms with Gasteiger partial charge in [0.1, 0.15) is 5.54 Å². The molecule has 0 radical (unpaired) electrons. The van der Waals surface area contributed by atoms with Crippen LogP contribution in [0.2, 0.25) is 0 Å². The molecule has 0 fully saturated rings. The summed E-state index contributed by atoms with van der Waals surface area (Å²) >= 11 is 0. The number of carbonyl (C=O) groups is 2. The molecule has 0 aromatic carbocycles. The van der Waals surface area contributed by atoms with Gasteiger partial charge in [0.2, 0.25) is 11.9 Å². The highest BCUT2D eigenvalue weighted by Gasteiger charge is 2.35. The molecule has 16 heavy (non-hydrogen) atoms. The summed E-state index contributed by atoms with van der Waals surface area (Å²) in [5, 5.41) is 7.91. The molecule has 0 aromatic heterocycles. The fourth-order valence-corrected chi connectivity index (χ4v) is 1.07. The van der Waals surface area contributed by atoms with Crippen LogP contribution in [0, 0.1) is 0 Å². The highest BCUT2D eigenvalue weighted by atomic mass is 16.2. The fraction of sp³-hybridized carbons (Fsp3) is 0.667. The maximum absolute atomic E-state index is 11.7. The van der Waals surface area contributed by atoms with Gasteiger partial charge in [-0.05, 0) is 14.0 Å². The van der Waals surface area contributed by atoms with Gasteiger partial charge < -0.3 is 10.2 Å². The number of rotatable bonds is 1. The van der Waals surface area contributed by atoms with Crippen LogP contribution in [0.15, 0.2) is 4.99 Å². The van der Waals surface area contributed by atoms with Crippen molar-refractivity contribution in [1.29, 1.82) is 0 Å². The Labute approximate surface area is 94.3 Å². The first-order chi connectivity index (χ1) is 7.39. The molecule has 0 aliphatic carbocycles. The van der Waals surface area contributed by atoms with Crippen molar-refractivity contribution in [3.05, 3.63) is 0 Å². The molecule has 7 heteroatoms. The zero-order valence-corrected chi connectivity index (χ0v) is 9.92. The number of nitrogens with zero attached hydrogens (tertiary/aromatic N) is 2. The lowest BCUT2D eigenvalue weighted by molar-refractivity contribution is -0.125. The maximum atomic E-state index is 11.7. The van der Waals surface area contributed by atoms with Crippen molar-refractivity contribution in [1.82, 2.24) is 20.9 Å². The van der Waals surface area contributed by atoms with Crippen LogP contribution in [0.1, 0.15) is 6.92 Å². The average Bonchev–Trinajstić information content (AvgIpc) is 2.23. The van der Waals surface area contributed by atoms with E-state index in [1.54, 1.807) is 28.1 Å². The quantitative estimate of drug-likeness (QED) is 0.521. The molecule has 7 nitrogen and oxygen atoms in total. The summed E-state index contributed by atoms with van der Waals surface area (Å²) in [7, 11) is 4.91. The molecule has 1 rings (SSSR count). The van der Waals surface area contributed by atoms with Crippen molar-refractivity contribution in [2.75, 3.05) is 27.7 Å². The van der Waals surface area contributed by atoms with E-state index in [1.807, 2.05) is 0 Å². The Morgan fingerprint density at radius 3 is 2.62 bits per heavy atom. The van der Waals surface area contributed by atoms with Gasteiger partial charge in [-0.3, -0.25) is 20.4 Å². The van der Waals surface area contributed by atoms with Gasteiger partial charge in [0.25, 0.3) is 0 Å². The van der Waals surface area contributed by atoms with Crippen molar-refractivity contribution in [2.45, 2.75) is 12.5 Å². The SMILES string of the molecule is CNC1(C)CN=C(NC(=O)N(C)C)NC1=O. The summed E-state index contributed by atoms with van der Waals surface area (Å²) in [5.74, 6) is -0.0181. The Kier molecular flexibility index (Phi) is 3.48. The maximum Gasteiger partial charge on any atom is 0.323 e. The number of hydrogen-bond acceptors (Lipinski definition) is 4. The van der Waals surface area contributed by atoms with Crippen LogP contribution in [-0.4, -0.2) is 56.0 Å². The smallest absolute Gasteiger partial charge is 0.323 e. The van der Waals surface area contributed by atoms with Gasteiger partial charge in [-0.1, -0.05) is 0 Å². The largest absolute Gasteiger partial charge is 0.331 e. The second-order valence-corrected chi connectivity index (χ2v) is 4.03. The summed E-state index contributed by atoms with van der Waals surface area (Å²) in [6, 6.07) is -0.327.